The summed E-state index contributed by atoms with van der Waals surface area (Å²) in [6, 6.07) is 3.80. The van der Waals surface area contributed by atoms with Gasteiger partial charge < -0.3 is 25.1 Å². The normalized spacial score (nSPS) is 15.5. The standard InChI is InChI=1S/C22H38BrN3O3Si/c1-15(2)30(16(3)4,17(5)6)29-10-7-8-25-20-12-18(23)21(13-19(20)24)26-9-11-28-14-22(26)27/h12-13,15-17,25H,7-11,14,24H2,1-6H3. The number of hydrogen-bond acceptors (Lipinski definition) is 5. The minimum atomic E-state index is -1.82. The maximum atomic E-state index is 12.1. The highest BCUT2D eigenvalue weighted by molar-refractivity contribution is 9.10. The predicted molar refractivity (Wildman–Crippen MR) is 132 cm³/mol. The van der Waals surface area contributed by atoms with Gasteiger partial charge in [-0.1, -0.05) is 41.5 Å². The molecule has 1 saturated heterocycles. The van der Waals surface area contributed by atoms with Crippen molar-refractivity contribution in [2.45, 2.75) is 64.6 Å². The van der Waals surface area contributed by atoms with Gasteiger partial charge in [-0.3, -0.25) is 4.79 Å². The van der Waals surface area contributed by atoms with E-state index in [1.54, 1.807) is 4.90 Å². The Balaban J connectivity index is 1.95. The SMILES string of the molecule is CC(C)[Si](OCCCNc1cc(Br)c(N2CCOCC2=O)cc1N)(C(C)C)C(C)C. The number of carbonyl (C=O) groups excluding carboxylic acids is 1. The highest BCUT2D eigenvalue weighted by Gasteiger charge is 2.44. The summed E-state index contributed by atoms with van der Waals surface area (Å²) in [6.45, 7) is 16.6. The molecule has 1 aromatic rings. The Hall–Kier alpha value is -1.09. The van der Waals surface area contributed by atoms with Crippen LogP contribution in [0.15, 0.2) is 16.6 Å². The number of nitrogens with one attached hydrogen (secondary N) is 1. The lowest BCUT2D eigenvalue weighted by molar-refractivity contribution is -0.125. The van der Waals surface area contributed by atoms with Crippen molar-refractivity contribution in [2.75, 3.05) is 48.9 Å². The average Bonchev–Trinajstić information content (AvgIpc) is 2.66. The molecule has 3 N–H and O–H groups in total. The Morgan fingerprint density at radius 2 is 1.83 bits per heavy atom. The van der Waals surface area contributed by atoms with Gasteiger partial charge in [0.15, 0.2) is 8.32 Å². The van der Waals surface area contributed by atoms with Crippen LogP contribution in [0.25, 0.3) is 0 Å². The molecule has 0 radical (unpaired) electrons. The van der Waals surface area contributed by atoms with E-state index < -0.39 is 8.32 Å². The van der Waals surface area contributed by atoms with E-state index in [9.17, 15) is 4.79 Å². The number of halogens is 1. The van der Waals surface area contributed by atoms with Gasteiger partial charge in [0, 0.05) is 24.2 Å². The number of rotatable bonds is 10. The third-order valence-electron chi connectivity index (χ3n) is 6.09. The van der Waals surface area contributed by atoms with Crippen molar-refractivity contribution >= 4 is 47.2 Å². The van der Waals surface area contributed by atoms with Crippen LogP contribution in [0.2, 0.25) is 16.6 Å². The Morgan fingerprint density at radius 3 is 2.40 bits per heavy atom. The predicted octanol–water partition coefficient (Wildman–Crippen LogP) is 5.39. The summed E-state index contributed by atoms with van der Waals surface area (Å²) in [5.41, 5.74) is 10.3. The third-order valence-corrected chi connectivity index (χ3v) is 12.8. The maximum Gasteiger partial charge on any atom is 0.253 e. The molecule has 170 valence electrons. The Bertz CT molecular complexity index is 706. The van der Waals surface area contributed by atoms with Gasteiger partial charge in [-0.2, -0.15) is 0 Å². The van der Waals surface area contributed by atoms with E-state index in [4.69, 9.17) is 14.9 Å². The van der Waals surface area contributed by atoms with Crippen molar-refractivity contribution in [3.8, 4) is 0 Å². The molecule has 1 aliphatic rings. The number of anilines is 3. The van der Waals surface area contributed by atoms with E-state index >= 15 is 0 Å². The average molecular weight is 501 g/mol. The minimum absolute atomic E-state index is 0.0488. The Kier molecular flexibility index (Phi) is 9.21. The van der Waals surface area contributed by atoms with Crippen molar-refractivity contribution < 1.29 is 14.0 Å². The van der Waals surface area contributed by atoms with Crippen molar-refractivity contribution in [1.82, 2.24) is 0 Å². The number of carbonyl (C=O) groups is 1. The molecule has 6 nitrogen and oxygen atoms in total. The largest absolute Gasteiger partial charge is 0.416 e. The molecule has 1 fully saturated rings. The number of benzene rings is 1. The molecular formula is C22H38BrN3O3Si. The highest BCUT2D eigenvalue weighted by atomic mass is 79.9. The molecule has 0 saturated carbocycles. The molecule has 0 aromatic heterocycles. The van der Waals surface area contributed by atoms with Crippen LogP contribution in [-0.4, -0.2) is 47.1 Å². The molecule has 30 heavy (non-hydrogen) atoms. The second kappa shape index (κ2) is 11.0. The summed E-state index contributed by atoms with van der Waals surface area (Å²) in [5, 5.41) is 3.42. The van der Waals surface area contributed by atoms with Crippen LogP contribution >= 0.6 is 15.9 Å². The van der Waals surface area contributed by atoms with Crippen LogP contribution in [0.3, 0.4) is 0 Å². The molecule has 0 spiro atoms. The number of hydrogen-bond donors (Lipinski definition) is 2. The molecule has 0 unspecified atom stereocenters. The van der Waals surface area contributed by atoms with Crippen LogP contribution in [0.4, 0.5) is 17.1 Å². The summed E-state index contributed by atoms with van der Waals surface area (Å²) in [5.74, 6) is -0.0488. The lowest BCUT2D eigenvalue weighted by Crippen LogP contribution is -2.48. The summed E-state index contributed by atoms with van der Waals surface area (Å²) in [6.07, 6.45) is 0.918. The fourth-order valence-electron chi connectivity index (χ4n) is 4.75. The first kappa shape index (κ1) is 25.2. The monoisotopic (exact) mass is 499 g/mol. The molecule has 1 aromatic carbocycles. The van der Waals surface area contributed by atoms with Gasteiger partial charge in [0.25, 0.3) is 5.91 Å². The van der Waals surface area contributed by atoms with Crippen molar-refractivity contribution in [3.05, 3.63) is 16.6 Å². The first-order valence-electron chi connectivity index (χ1n) is 11.0. The highest BCUT2D eigenvalue weighted by Crippen LogP contribution is 2.42. The first-order chi connectivity index (χ1) is 14.1. The van der Waals surface area contributed by atoms with Crippen LogP contribution in [0.1, 0.15) is 48.0 Å². The minimum Gasteiger partial charge on any atom is -0.416 e. The quantitative estimate of drug-likeness (QED) is 0.256. The zero-order valence-corrected chi connectivity index (χ0v) is 21.8. The van der Waals surface area contributed by atoms with Crippen molar-refractivity contribution in [2.24, 2.45) is 0 Å². The molecule has 0 atom stereocenters. The van der Waals surface area contributed by atoms with Crippen LogP contribution in [-0.2, 0) is 14.0 Å². The molecule has 0 aliphatic carbocycles. The van der Waals surface area contributed by atoms with Crippen molar-refractivity contribution in [1.29, 1.82) is 0 Å². The van der Waals surface area contributed by atoms with Crippen LogP contribution in [0, 0.1) is 0 Å². The van der Waals surface area contributed by atoms with E-state index in [1.165, 1.54) is 0 Å². The van der Waals surface area contributed by atoms with Crippen LogP contribution in [0.5, 0.6) is 0 Å². The number of amides is 1. The number of ether oxygens (including phenoxy) is 1. The fourth-order valence-corrected chi connectivity index (χ4v) is 10.8. The zero-order valence-electron chi connectivity index (χ0n) is 19.3. The van der Waals surface area contributed by atoms with Gasteiger partial charge in [-0.15, -0.1) is 0 Å². The van der Waals surface area contributed by atoms with Gasteiger partial charge in [-0.25, -0.2) is 0 Å². The van der Waals surface area contributed by atoms with E-state index in [1.807, 2.05) is 12.1 Å². The smallest absolute Gasteiger partial charge is 0.253 e. The summed E-state index contributed by atoms with van der Waals surface area (Å²) in [4.78, 5) is 13.8. The Morgan fingerprint density at radius 1 is 1.20 bits per heavy atom. The van der Waals surface area contributed by atoms with Gasteiger partial charge in [-0.05, 0) is 51.1 Å². The molecule has 1 amide bonds. The van der Waals surface area contributed by atoms with Gasteiger partial charge in [0.1, 0.15) is 6.61 Å². The Labute approximate surface area is 191 Å². The lowest BCUT2D eigenvalue weighted by Gasteiger charge is -2.42. The zero-order chi connectivity index (χ0) is 22.5. The maximum absolute atomic E-state index is 12.1. The number of nitrogens with two attached hydrogens (primary N) is 1. The van der Waals surface area contributed by atoms with E-state index in [0.29, 0.717) is 35.5 Å². The van der Waals surface area contributed by atoms with E-state index in [2.05, 4.69) is 62.8 Å². The van der Waals surface area contributed by atoms with Gasteiger partial charge in [0.2, 0.25) is 0 Å². The molecule has 0 bridgehead atoms. The number of morpholine rings is 1. The molecule has 1 heterocycles. The number of nitrogens with zero attached hydrogens (tertiary/aromatic N) is 1. The van der Waals surface area contributed by atoms with Gasteiger partial charge >= 0.3 is 0 Å². The van der Waals surface area contributed by atoms with E-state index in [0.717, 1.165) is 35.4 Å². The molecule has 8 heteroatoms. The summed E-state index contributed by atoms with van der Waals surface area (Å²) >= 11 is 3.59. The lowest BCUT2D eigenvalue weighted by atomic mass is 10.2. The van der Waals surface area contributed by atoms with Crippen molar-refractivity contribution in [3.63, 3.8) is 0 Å². The molecule has 1 aliphatic heterocycles. The van der Waals surface area contributed by atoms with E-state index in [-0.39, 0.29) is 12.5 Å². The van der Waals surface area contributed by atoms with Gasteiger partial charge in [0.05, 0.1) is 23.7 Å². The number of nitrogen functional groups attached to an aromatic ring is 1. The summed E-state index contributed by atoms with van der Waals surface area (Å²) in [7, 11) is -1.82. The fraction of sp³-hybridized carbons (Fsp3) is 0.682. The second-order valence-electron chi connectivity index (χ2n) is 8.94. The topological polar surface area (TPSA) is 76.8 Å². The first-order valence-corrected chi connectivity index (χ1v) is 13.9. The third kappa shape index (κ3) is 5.58. The molecule has 2 rings (SSSR count). The summed E-state index contributed by atoms with van der Waals surface area (Å²) < 4.78 is 12.7. The second-order valence-corrected chi connectivity index (χ2v) is 15.2. The van der Waals surface area contributed by atoms with Crippen LogP contribution < -0.4 is 16.0 Å². The molecular weight excluding hydrogens is 462 g/mol.